The molecular weight excluding hydrogens is 472 g/mol. The molecule has 174 valence electrons. The topological polar surface area (TPSA) is 97.5 Å². The van der Waals surface area contributed by atoms with Gasteiger partial charge in [0.25, 0.3) is 5.91 Å². The van der Waals surface area contributed by atoms with E-state index >= 15 is 0 Å². The number of ether oxygens (including phenoxy) is 1. The molecule has 0 unspecified atom stereocenters. The summed E-state index contributed by atoms with van der Waals surface area (Å²) >= 11 is 7.39. The highest BCUT2D eigenvalue weighted by Gasteiger charge is 2.25. The van der Waals surface area contributed by atoms with Gasteiger partial charge >= 0.3 is 0 Å². The summed E-state index contributed by atoms with van der Waals surface area (Å²) in [6, 6.07) is 15.2. The Morgan fingerprint density at radius 3 is 2.44 bits per heavy atom. The molecule has 0 spiro atoms. The summed E-state index contributed by atoms with van der Waals surface area (Å²) in [5.41, 5.74) is 8.99. The second-order valence-corrected chi connectivity index (χ2v) is 9.47. The van der Waals surface area contributed by atoms with Crippen molar-refractivity contribution in [2.75, 3.05) is 43.4 Å². The summed E-state index contributed by atoms with van der Waals surface area (Å²) in [4.78, 5) is 31.0. The van der Waals surface area contributed by atoms with E-state index in [4.69, 9.17) is 27.1 Å². The van der Waals surface area contributed by atoms with Gasteiger partial charge in [0.15, 0.2) is 17.3 Å². The van der Waals surface area contributed by atoms with Crippen LogP contribution in [0.15, 0.2) is 48.5 Å². The number of amides is 1. The van der Waals surface area contributed by atoms with Crippen molar-refractivity contribution in [1.82, 2.24) is 19.9 Å². The summed E-state index contributed by atoms with van der Waals surface area (Å²) in [7, 11) is 0. The lowest BCUT2D eigenvalue weighted by atomic mass is 10.2. The lowest BCUT2D eigenvalue weighted by Gasteiger charge is -2.35. The Balaban J connectivity index is 1.28. The molecule has 0 radical (unpaired) electrons. The number of thiazole rings is 1. The highest BCUT2D eigenvalue weighted by molar-refractivity contribution is 7.21. The van der Waals surface area contributed by atoms with Crippen LogP contribution in [-0.2, 0) is 4.79 Å². The Kier molecular flexibility index (Phi) is 6.21. The van der Waals surface area contributed by atoms with Crippen LogP contribution in [0.3, 0.4) is 0 Å². The van der Waals surface area contributed by atoms with Crippen molar-refractivity contribution in [3.05, 3.63) is 59.1 Å². The number of piperazine rings is 1. The molecule has 4 aromatic rings. The maximum Gasteiger partial charge on any atom is 0.260 e. The number of nitrogen functional groups attached to an aromatic ring is 1. The van der Waals surface area contributed by atoms with Gasteiger partial charge in [-0.1, -0.05) is 52.8 Å². The quantitative estimate of drug-likeness (QED) is 0.447. The molecule has 1 aliphatic heterocycles. The van der Waals surface area contributed by atoms with Crippen molar-refractivity contribution in [2.45, 2.75) is 6.92 Å². The van der Waals surface area contributed by atoms with E-state index in [1.165, 1.54) is 16.9 Å². The first-order valence-electron chi connectivity index (χ1n) is 10.9. The Morgan fingerprint density at radius 1 is 1.03 bits per heavy atom. The van der Waals surface area contributed by atoms with E-state index < -0.39 is 0 Å². The molecule has 34 heavy (non-hydrogen) atoms. The maximum atomic E-state index is 12.6. The van der Waals surface area contributed by atoms with Crippen LogP contribution in [0.5, 0.6) is 5.75 Å². The third kappa shape index (κ3) is 4.76. The average Bonchev–Trinajstić information content (AvgIpc) is 3.27. The van der Waals surface area contributed by atoms with E-state index in [0.29, 0.717) is 42.8 Å². The van der Waals surface area contributed by atoms with E-state index in [2.05, 4.69) is 46.1 Å². The molecule has 0 atom stereocenters. The van der Waals surface area contributed by atoms with Crippen LogP contribution in [0.2, 0.25) is 5.02 Å². The Hall–Kier alpha value is -3.43. The molecule has 2 aromatic carbocycles. The standard InChI is InChI=1S/C24H23ClN6O2S/c1-15-2-4-16(5-3-15)22-27-20-21(28-24(26)29-23(20)34-22)31-12-10-30(11-13-31)19(32)14-33-18-8-6-17(25)7-9-18/h2-9H,10-14H2,1H3,(H2,26,28,29). The fourth-order valence-corrected chi connectivity index (χ4v) is 4.87. The molecule has 1 fully saturated rings. The zero-order chi connectivity index (χ0) is 23.7. The van der Waals surface area contributed by atoms with Crippen LogP contribution < -0.4 is 15.4 Å². The first kappa shape index (κ1) is 22.4. The number of aromatic nitrogens is 3. The number of nitrogens with two attached hydrogens (primary N) is 1. The number of hydrogen-bond acceptors (Lipinski definition) is 8. The Bertz CT molecular complexity index is 1320. The zero-order valence-electron chi connectivity index (χ0n) is 18.6. The second kappa shape index (κ2) is 9.44. The van der Waals surface area contributed by atoms with Gasteiger partial charge in [0.05, 0.1) is 0 Å². The van der Waals surface area contributed by atoms with Crippen LogP contribution in [0.4, 0.5) is 11.8 Å². The Labute approximate surface area is 206 Å². The molecule has 0 aliphatic carbocycles. The van der Waals surface area contributed by atoms with Crippen molar-refractivity contribution >= 4 is 51.0 Å². The van der Waals surface area contributed by atoms with Gasteiger partial charge in [-0.05, 0) is 31.2 Å². The number of halogens is 1. The van der Waals surface area contributed by atoms with E-state index in [1.54, 1.807) is 29.2 Å². The normalized spacial score (nSPS) is 13.9. The number of carbonyl (C=O) groups is 1. The van der Waals surface area contributed by atoms with Gasteiger partial charge in [0, 0.05) is 36.8 Å². The summed E-state index contributed by atoms with van der Waals surface area (Å²) < 4.78 is 5.60. The van der Waals surface area contributed by atoms with E-state index in [1.807, 2.05) is 0 Å². The van der Waals surface area contributed by atoms with Crippen LogP contribution in [0.1, 0.15) is 5.56 Å². The molecule has 5 rings (SSSR count). The number of anilines is 2. The average molecular weight is 495 g/mol. The zero-order valence-corrected chi connectivity index (χ0v) is 20.1. The van der Waals surface area contributed by atoms with Gasteiger partial charge in [0.1, 0.15) is 16.3 Å². The predicted molar refractivity (Wildman–Crippen MR) is 136 cm³/mol. The monoisotopic (exact) mass is 494 g/mol. The third-order valence-electron chi connectivity index (χ3n) is 5.66. The first-order valence-corrected chi connectivity index (χ1v) is 12.1. The van der Waals surface area contributed by atoms with Crippen molar-refractivity contribution in [2.24, 2.45) is 0 Å². The van der Waals surface area contributed by atoms with Gasteiger partial charge in [-0.15, -0.1) is 0 Å². The SMILES string of the molecule is Cc1ccc(-c2nc3c(N4CCN(C(=O)COc5ccc(Cl)cc5)CC4)nc(N)nc3s2)cc1. The van der Waals surface area contributed by atoms with Crippen molar-refractivity contribution in [1.29, 1.82) is 0 Å². The molecule has 1 saturated heterocycles. The fourth-order valence-electron chi connectivity index (χ4n) is 3.80. The molecule has 0 saturated carbocycles. The fraction of sp³-hybridized carbons (Fsp3) is 0.250. The van der Waals surface area contributed by atoms with E-state index in [0.717, 1.165) is 20.9 Å². The number of hydrogen-bond donors (Lipinski definition) is 1. The van der Waals surface area contributed by atoms with E-state index in [9.17, 15) is 4.79 Å². The van der Waals surface area contributed by atoms with Gasteiger partial charge < -0.3 is 20.3 Å². The number of fused-ring (bicyclic) bond motifs is 1. The molecule has 3 heterocycles. The number of carbonyl (C=O) groups excluding carboxylic acids is 1. The largest absolute Gasteiger partial charge is 0.484 e. The van der Waals surface area contributed by atoms with Crippen molar-refractivity contribution < 1.29 is 9.53 Å². The summed E-state index contributed by atoms with van der Waals surface area (Å²) in [5, 5.41) is 1.50. The maximum absolute atomic E-state index is 12.6. The molecule has 1 amide bonds. The minimum Gasteiger partial charge on any atom is -0.484 e. The van der Waals surface area contributed by atoms with Crippen LogP contribution >= 0.6 is 22.9 Å². The van der Waals surface area contributed by atoms with Gasteiger partial charge in [-0.2, -0.15) is 4.98 Å². The predicted octanol–water partition coefficient (Wildman–Crippen LogP) is 4.02. The van der Waals surface area contributed by atoms with E-state index in [-0.39, 0.29) is 18.5 Å². The second-order valence-electron chi connectivity index (χ2n) is 8.05. The number of aryl methyl sites for hydroxylation is 1. The Morgan fingerprint density at radius 2 is 1.74 bits per heavy atom. The summed E-state index contributed by atoms with van der Waals surface area (Å²) in [5.74, 6) is 1.48. The van der Waals surface area contributed by atoms with Gasteiger partial charge in [-0.3, -0.25) is 4.79 Å². The first-order chi connectivity index (χ1) is 16.5. The number of nitrogens with zero attached hydrogens (tertiary/aromatic N) is 5. The lowest BCUT2D eigenvalue weighted by molar-refractivity contribution is -0.133. The molecule has 2 aromatic heterocycles. The molecule has 0 bridgehead atoms. The van der Waals surface area contributed by atoms with Gasteiger partial charge in [0.2, 0.25) is 5.95 Å². The van der Waals surface area contributed by atoms with Crippen molar-refractivity contribution in [3.8, 4) is 16.3 Å². The third-order valence-corrected chi connectivity index (χ3v) is 6.91. The molecule has 10 heteroatoms. The highest BCUT2D eigenvalue weighted by Crippen LogP contribution is 2.34. The lowest BCUT2D eigenvalue weighted by Crippen LogP contribution is -2.50. The molecular formula is C24H23ClN6O2S. The minimum atomic E-state index is -0.0581. The number of rotatable bonds is 5. The van der Waals surface area contributed by atoms with Crippen LogP contribution in [0, 0.1) is 6.92 Å². The summed E-state index contributed by atoms with van der Waals surface area (Å²) in [6.45, 7) is 4.40. The van der Waals surface area contributed by atoms with Crippen molar-refractivity contribution in [3.63, 3.8) is 0 Å². The molecule has 8 nitrogen and oxygen atoms in total. The summed E-state index contributed by atoms with van der Waals surface area (Å²) in [6.07, 6.45) is 0. The molecule has 1 aliphatic rings. The minimum absolute atomic E-state index is 0.0155. The number of benzene rings is 2. The molecule has 2 N–H and O–H groups in total. The van der Waals surface area contributed by atoms with Crippen LogP contribution in [-0.4, -0.2) is 58.5 Å². The van der Waals surface area contributed by atoms with Gasteiger partial charge in [-0.25, -0.2) is 9.97 Å². The smallest absolute Gasteiger partial charge is 0.260 e. The van der Waals surface area contributed by atoms with Crippen LogP contribution in [0.25, 0.3) is 20.9 Å². The highest BCUT2D eigenvalue weighted by atomic mass is 35.5.